The number of rotatable bonds is 0. The van der Waals surface area contributed by atoms with Crippen LogP contribution in [0, 0.1) is 0 Å². The van der Waals surface area contributed by atoms with E-state index < -0.39 is 0 Å². The van der Waals surface area contributed by atoms with Crippen LogP contribution < -0.4 is 10.4 Å². The maximum Gasteiger partial charge on any atom is 0.0221 e. The Balaban J connectivity index is 2.15. The van der Waals surface area contributed by atoms with Crippen molar-refractivity contribution in [1.29, 1.82) is 0 Å². The number of halogens is 1. The van der Waals surface area contributed by atoms with Gasteiger partial charge in [-0.15, -0.1) is 0 Å². The van der Waals surface area contributed by atoms with Gasteiger partial charge < -0.3 is 0 Å². The number of fused-ring (bicyclic) bond motifs is 5. The highest BCUT2D eigenvalue weighted by molar-refractivity contribution is 9.09. The zero-order chi connectivity index (χ0) is 12.1. The number of alkyl halides is 1. The van der Waals surface area contributed by atoms with Gasteiger partial charge in [-0.05, 0) is 45.2 Å². The highest BCUT2D eigenvalue weighted by atomic mass is 79.9. The Morgan fingerprint density at radius 2 is 1.83 bits per heavy atom. The summed E-state index contributed by atoms with van der Waals surface area (Å²) in [7, 11) is 0. The van der Waals surface area contributed by atoms with Gasteiger partial charge in [0.1, 0.15) is 0 Å². The van der Waals surface area contributed by atoms with E-state index in [2.05, 4.69) is 64.5 Å². The Labute approximate surface area is 114 Å². The molecule has 0 fully saturated rings. The van der Waals surface area contributed by atoms with Crippen LogP contribution in [-0.4, -0.2) is 4.83 Å². The number of allylic oxidation sites excluding steroid dienone is 1. The normalized spacial score (nSPS) is 20.2. The molecule has 0 spiro atoms. The fourth-order valence-electron chi connectivity index (χ4n) is 3.08. The van der Waals surface area contributed by atoms with Crippen LogP contribution in [0.5, 0.6) is 0 Å². The van der Waals surface area contributed by atoms with Crippen LogP contribution in [0.25, 0.3) is 29.0 Å². The summed E-state index contributed by atoms with van der Waals surface area (Å²) in [5.41, 5.74) is 2.88. The van der Waals surface area contributed by atoms with Crippen molar-refractivity contribution < 1.29 is 0 Å². The van der Waals surface area contributed by atoms with Gasteiger partial charge in [0.25, 0.3) is 0 Å². The molecule has 0 aromatic heterocycles. The summed E-state index contributed by atoms with van der Waals surface area (Å²) in [6.07, 6.45) is 11.2. The molecule has 0 heterocycles. The number of hydrogen-bond acceptors (Lipinski definition) is 0. The van der Waals surface area contributed by atoms with E-state index in [9.17, 15) is 0 Å². The molecule has 1 heteroatoms. The molecule has 0 saturated carbocycles. The third-order valence-electron chi connectivity index (χ3n) is 3.98. The summed E-state index contributed by atoms with van der Waals surface area (Å²) in [5.74, 6) is 0. The molecule has 2 aromatic rings. The molecule has 2 aliphatic carbocycles. The average Bonchev–Trinajstić information content (AvgIpc) is 2.86. The summed E-state index contributed by atoms with van der Waals surface area (Å²) < 4.78 is 0. The first kappa shape index (κ1) is 10.6. The molecule has 0 amide bonds. The molecule has 18 heavy (non-hydrogen) atoms. The highest BCUT2D eigenvalue weighted by Gasteiger charge is 2.14. The highest BCUT2D eigenvalue weighted by Crippen LogP contribution is 2.25. The predicted molar refractivity (Wildman–Crippen MR) is 82.2 cm³/mol. The van der Waals surface area contributed by atoms with Crippen LogP contribution >= 0.6 is 15.9 Å². The molecule has 0 aliphatic heterocycles. The van der Waals surface area contributed by atoms with Crippen molar-refractivity contribution in [1.82, 2.24) is 0 Å². The lowest BCUT2D eigenvalue weighted by atomic mass is 9.91. The number of hydrogen-bond donors (Lipinski definition) is 0. The first-order chi connectivity index (χ1) is 8.83. The quantitative estimate of drug-likeness (QED) is 0.655. The van der Waals surface area contributed by atoms with Gasteiger partial charge in [-0.3, -0.25) is 0 Å². The van der Waals surface area contributed by atoms with E-state index in [-0.39, 0.29) is 0 Å². The van der Waals surface area contributed by atoms with Crippen molar-refractivity contribution in [2.75, 3.05) is 0 Å². The van der Waals surface area contributed by atoms with E-state index in [1.165, 1.54) is 32.3 Å². The van der Waals surface area contributed by atoms with Crippen molar-refractivity contribution in [2.24, 2.45) is 0 Å². The van der Waals surface area contributed by atoms with E-state index in [0.29, 0.717) is 4.83 Å². The molecule has 0 bridgehead atoms. The van der Waals surface area contributed by atoms with Gasteiger partial charge in [-0.1, -0.05) is 64.5 Å². The smallest absolute Gasteiger partial charge is 0.0221 e. The second-order valence-electron chi connectivity index (χ2n) is 5.06. The SMILES string of the molecule is BrC1CC=c2ccc3c4c(ccc3c2C1)=CC=C4. The van der Waals surface area contributed by atoms with Gasteiger partial charge in [-0.2, -0.15) is 0 Å². The van der Waals surface area contributed by atoms with Crippen LogP contribution in [0.15, 0.2) is 30.3 Å². The van der Waals surface area contributed by atoms with Gasteiger partial charge in [0.05, 0.1) is 0 Å². The van der Waals surface area contributed by atoms with Gasteiger partial charge in [0.15, 0.2) is 0 Å². The monoisotopic (exact) mass is 296 g/mol. The second kappa shape index (κ2) is 3.83. The van der Waals surface area contributed by atoms with E-state index in [0.717, 1.165) is 12.8 Å². The van der Waals surface area contributed by atoms with Gasteiger partial charge in [0.2, 0.25) is 0 Å². The molecule has 0 saturated heterocycles. The minimum Gasteiger partial charge on any atom is -0.0884 e. The van der Waals surface area contributed by atoms with Crippen molar-refractivity contribution in [3.63, 3.8) is 0 Å². The van der Waals surface area contributed by atoms with E-state index in [1.54, 1.807) is 0 Å². The molecule has 2 aliphatic rings. The molecule has 0 radical (unpaired) electrons. The summed E-state index contributed by atoms with van der Waals surface area (Å²) in [5, 5.41) is 5.58. The Hall–Kier alpha value is -1.34. The fourth-order valence-corrected chi connectivity index (χ4v) is 3.59. The maximum absolute atomic E-state index is 3.75. The minimum atomic E-state index is 0.589. The van der Waals surface area contributed by atoms with E-state index in [1.807, 2.05) is 0 Å². The second-order valence-corrected chi connectivity index (χ2v) is 6.36. The lowest BCUT2D eigenvalue weighted by Crippen LogP contribution is -2.20. The Kier molecular flexibility index (Phi) is 2.25. The average molecular weight is 297 g/mol. The molecular formula is C17H13Br. The van der Waals surface area contributed by atoms with Crippen molar-refractivity contribution >= 4 is 44.9 Å². The first-order valence-corrected chi connectivity index (χ1v) is 7.32. The minimum absolute atomic E-state index is 0.589. The molecule has 4 rings (SSSR count). The summed E-state index contributed by atoms with van der Waals surface area (Å²) in [6, 6.07) is 9.09. The lowest BCUT2D eigenvalue weighted by Gasteiger charge is -2.17. The summed E-state index contributed by atoms with van der Waals surface area (Å²) >= 11 is 3.75. The summed E-state index contributed by atoms with van der Waals surface area (Å²) in [4.78, 5) is 0.589. The van der Waals surface area contributed by atoms with Crippen LogP contribution in [0.3, 0.4) is 0 Å². The van der Waals surface area contributed by atoms with Gasteiger partial charge in [-0.25, -0.2) is 0 Å². The fraction of sp³-hybridized carbons (Fsp3) is 0.176. The number of benzene rings is 2. The molecule has 1 unspecified atom stereocenters. The molecule has 0 N–H and O–H groups in total. The third kappa shape index (κ3) is 1.44. The molecular weight excluding hydrogens is 284 g/mol. The van der Waals surface area contributed by atoms with Crippen LogP contribution in [0.2, 0.25) is 0 Å². The third-order valence-corrected chi connectivity index (χ3v) is 4.68. The largest absolute Gasteiger partial charge is 0.0884 e. The lowest BCUT2D eigenvalue weighted by molar-refractivity contribution is 0.879. The molecule has 0 nitrogen and oxygen atoms in total. The van der Waals surface area contributed by atoms with E-state index >= 15 is 0 Å². The Bertz CT molecular complexity index is 796. The van der Waals surface area contributed by atoms with E-state index in [4.69, 9.17) is 0 Å². The Morgan fingerprint density at radius 1 is 1.00 bits per heavy atom. The zero-order valence-electron chi connectivity index (χ0n) is 9.99. The molecule has 2 aromatic carbocycles. The topological polar surface area (TPSA) is 0 Å². The summed E-state index contributed by atoms with van der Waals surface area (Å²) in [6.45, 7) is 0. The first-order valence-electron chi connectivity index (χ1n) is 6.40. The van der Waals surface area contributed by atoms with Crippen molar-refractivity contribution in [3.05, 3.63) is 51.9 Å². The van der Waals surface area contributed by atoms with Crippen LogP contribution in [0.1, 0.15) is 17.5 Å². The van der Waals surface area contributed by atoms with Crippen LogP contribution in [0.4, 0.5) is 0 Å². The zero-order valence-corrected chi connectivity index (χ0v) is 11.6. The van der Waals surface area contributed by atoms with Crippen molar-refractivity contribution in [3.8, 4) is 0 Å². The van der Waals surface area contributed by atoms with Gasteiger partial charge >= 0.3 is 0 Å². The Morgan fingerprint density at radius 3 is 2.78 bits per heavy atom. The molecule has 88 valence electrons. The predicted octanol–water partition coefficient (Wildman–Crippen LogP) is 3.14. The maximum atomic E-state index is 3.75. The van der Waals surface area contributed by atoms with Gasteiger partial charge in [0, 0.05) is 4.83 Å². The van der Waals surface area contributed by atoms with Crippen LogP contribution in [-0.2, 0) is 6.42 Å². The molecule has 1 atom stereocenters. The van der Waals surface area contributed by atoms with Crippen molar-refractivity contribution in [2.45, 2.75) is 17.7 Å². The standard InChI is InChI=1S/C17H13Br/c18-13-7-4-12-6-8-15-14-3-1-2-11(14)5-9-16(15)17(12)10-13/h1-6,8-9,13H,7,10H2.